The maximum absolute atomic E-state index is 12.6. The first-order valence-corrected chi connectivity index (χ1v) is 8.33. The van der Waals surface area contributed by atoms with Gasteiger partial charge in [0.25, 0.3) is 6.43 Å². The highest BCUT2D eigenvalue weighted by Crippen LogP contribution is 2.15. The van der Waals surface area contributed by atoms with E-state index >= 15 is 0 Å². The third-order valence-electron chi connectivity index (χ3n) is 3.54. The van der Waals surface area contributed by atoms with E-state index in [1.165, 1.54) is 4.90 Å². The highest BCUT2D eigenvalue weighted by molar-refractivity contribution is 7.98. The molecule has 4 nitrogen and oxygen atoms in total. The molecule has 0 bridgehead atoms. The first-order valence-electron chi connectivity index (χ1n) is 7.10. The Hall–Kier alpha value is -1.18. The maximum atomic E-state index is 12.6. The molecule has 22 heavy (non-hydrogen) atoms. The highest BCUT2D eigenvalue weighted by atomic mass is 32.2. The van der Waals surface area contributed by atoms with Crippen LogP contribution in [0.1, 0.15) is 5.56 Å². The molecule has 1 saturated heterocycles. The van der Waals surface area contributed by atoms with Gasteiger partial charge in [-0.15, -0.1) is 11.8 Å². The van der Waals surface area contributed by atoms with Crippen molar-refractivity contribution in [2.45, 2.75) is 23.9 Å². The summed E-state index contributed by atoms with van der Waals surface area (Å²) >= 11 is 1.65. The molecule has 1 aliphatic rings. The number of hydrogen-bond acceptors (Lipinski definition) is 4. The third-order valence-corrected chi connectivity index (χ3v) is 4.28. The van der Waals surface area contributed by atoms with Gasteiger partial charge in [-0.1, -0.05) is 12.1 Å². The van der Waals surface area contributed by atoms with Crippen LogP contribution in [-0.2, 0) is 16.1 Å². The molecule has 7 heteroatoms. The van der Waals surface area contributed by atoms with E-state index in [4.69, 9.17) is 4.74 Å². The van der Waals surface area contributed by atoms with Crippen LogP contribution in [-0.4, -0.2) is 55.8 Å². The van der Waals surface area contributed by atoms with E-state index in [1.807, 2.05) is 30.5 Å². The summed E-state index contributed by atoms with van der Waals surface area (Å²) in [5, 5.41) is 2.80. The Morgan fingerprint density at radius 3 is 2.82 bits per heavy atom. The summed E-state index contributed by atoms with van der Waals surface area (Å²) in [7, 11) is 0. The Morgan fingerprint density at radius 2 is 2.18 bits per heavy atom. The van der Waals surface area contributed by atoms with Gasteiger partial charge in [0.05, 0.1) is 19.8 Å². The number of nitrogens with zero attached hydrogens (tertiary/aromatic N) is 1. The normalized spacial score (nSPS) is 19.4. The zero-order valence-corrected chi connectivity index (χ0v) is 13.2. The quantitative estimate of drug-likeness (QED) is 0.810. The van der Waals surface area contributed by atoms with Crippen LogP contribution in [0.15, 0.2) is 29.2 Å². The predicted octanol–water partition coefficient (Wildman–Crippen LogP) is 1.99. The Balaban J connectivity index is 1.88. The first-order chi connectivity index (χ1) is 10.6. The van der Waals surface area contributed by atoms with Crippen LogP contribution in [0.2, 0.25) is 0 Å². The van der Waals surface area contributed by atoms with E-state index in [-0.39, 0.29) is 12.5 Å². The van der Waals surface area contributed by atoms with Crippen molar-refractivity contribution in [2.24, 2.45) is 0 Å². The van der Waals surface area contributed by atoms with Crippen LogP contribution < -0.4 is 5.32 Å². The van der Waals surface area contributed by atoms with E-state index in [0.717, 1.165) is 10.5 Å². The topological polar surface area (TPSA) is 41.6 Å². The smallest absolute Gasteiger partial charge is 0.251 e. The molecule has 122 valence electrons. The lowest BCUT2D eigenvalue weighted by Crippen LogP contribution is -2.54. The Labute approximate surface area is 133 Å². The lowest BCUT2D eigenvalue weighted by molar-refractivity contribution is -0.134. The second-order valence-electron chi connectivity index (χ2n) is 5.04. The molecule has 1 aromatic rings. The van der Waals surface area contributed by atoms with Crippen LogP contribution in [0, 0.1) is 0 Å². The van der Waals surface area contributed by atoms with Crippen molar-refractivity contribution in [1.29, 1.82) is 0 Å². The van der Waals surface area contributed by atoms with Crippen molar-refractivity contribution in [3.63, 3.8) is 0 Å². The van der Waals surface area contributed by atoms with Gasteiger partial charge in [-0.25, -0.2) is 8.78 Å². The summed E-state index contributed by atoms with van der Waals surface area (Å²) in [4.78, 5) is 14.8. The molecule has 1 fully saturated rings. The van der Waals surface area contributed by atoms with Gasteiger partial charge in [-0.05, 0) is 24.0 Å². The number of benzene rings is 1. The average Bonchev–Trinajstić information content (AvgIpc) is 2.53. The fraction of sp³-hybridized carbons (Fsp3) is 0.533. The van der Waals surface area contributed by atoms with Crippen LogP contribution in [0.3, 0.4) is 0 Å². The van der Waals surface area contributed by atoms with Crippen LogP contribution >= 0.6 is 11.8 Å². The number of amides is 1. The minimum absolute atomic E-state index is 0.157. The molecule has 1 N–H and O–H groups in total. The molecule has 1 aliphatic heterocycles. The number of rotatable bonds is 6. The predicted molar refractivity (Wildman–Crippen MR) is 82.3 cm³/mol. The van der Waals surface area contributed by atoms with Crippen LogP contribution in [0.4, 0.5) is 8.78 Å². The van der Waals surface area contributed by atoms with Gasteiger partial charge in [-0.3, -0.25) is 9.69 Å². The van der Waals surface area contributed by atoms with Gasteiger partial charge < -0.3 is 10.1 Å². The number of hydrogen-bond donors (Lipinski definition) is 1. The largest absolute Gasteiger partial charge is 0.378 e. The van der Waals surface area contributed by atoms with Crippen molar-refractivity contribution in [3.05, 3.63) is 29.8 Å². The van der Waals surface area contributed by atoms with Crippen molar-refractivity contribution in [2.75, 3.05) is 32.6 Å². The molecule has 0 aromatic heterocycles. The second kappa shape index (κ2) is 8.45. The number of carbonyl (C=O) groups excluding carboxylic acids is 1. The maximum Gasteiger partial charge on any atom is 0.251 e. The molecule has 1 heterocycles. The van der Waals surface area contributed by atoms with Crippen molar-refractivity contribution in [3.8, 4) is 0 Å². The molecule has 0 unspecified atom stereocenters. The standard InChI is InChI=1S/C15H20F2N2O2S/c1-22-12-4-2-11(3-5-12)8-18-15(20)13-10-21-7-6-19(13)9-14(16)17/h2-5,13-14H,6-10H2,1H3,(H,18,20)/t13-/m0/s1. The van der Waals surface area contributed by atoms with Gasteiger partial charge in [0.15, 0.2) is 0 Å². The van der Waals surface area contributed by atoms with Gasteiger partial charge in [0.2, 0.25) is 5.91 Å². The molecule has 0 saturated carbocycles. The van der Waals surface area contributed by atoms with Gasteiger partial charge in [-0.2, -0.15) is 0 Å². The van der Waals surface area contributed by atoms with E-state index in [1.54, 1.807) is 11.8 Å². The Morgan fingerprint density at radius 1 is 1.45 bits per heavy atom. The molecule has 1 amide bonds. The summed E-state index contributed by atoms with van der Waals surface area (Å²) in [6, 6.07) is 7.21. The van der Waals surface area contributed by atoms with Gasteiger partial charge >= 0.3 is 0 Å². The van der Waals surface area contributed by atoms with Crippen LogP contribution in [0.5, 0.6) is 0 Å². The lowest BCUT2D eigenvalue weighted by Gasteiger charge is -2.34. The van der Waals surface area contributed by atoms with Crippen molar-refractivity contribution >= 4 is 17.7 Å². The zero-order chi connectivity index (χ0) is 15.9. The number of thioether (sulfide) groups is 1. The lowest BCUT2D eigenvalue weighted by atomic mass is 10.2. The van der Waals surface area contributed by atoms with Gasteiger partial charge in [0.1, 0.15) is 6.04 Å². The zero-order valence-electron chi connectivity index (χ0n) is 12.4. The molecular weight excluding hydrogens is 310 g/mol. The summed E-state index contributed by atoms with van der Waals surface area (Å²) in [5.41, 5.74) is 0.975. The van der Waals surface area contributed by atoms with Crippen molar-refractivity contribution < 1.29 is 18.3 Å². The summed E-state index contributed by atoms with van der Waals surface area (Å²) in [6.45, 7) is 0.873. The Kier molecular flexibility index (Phi) is 6.60. The SMILES string of the molecule is CSc1ccc(CNC(=O)[C@@H]2COCCN2CC(F)F)cc1. The van der Waals surface area contributed by atoms with E-state index < -0.39 is 19.0 Å². The number of ether oxygens (including phenoxy) is 1. The number of morpholine rings is 1. The summed E-state index contributed by atoms with van der Waals surface area (Å²) in [6.07, 6.45) is -0.454. The van der Waals surface area contributed by atoms with E-state index in [2.05, 4.69) is 5.32 Å². The molecule has 0 aliphatic carbocycles. The molecule has 1 aromatic carbocycles. The third kappa shape index (κ3) is 4.93. The monoisotopic (exact) mass is 330 g/mol. The van der Waals surface area contributed by atoms with E-state index in [9.17, 15) is 13.6 Å². The minimum Gasteiger partial charge on any atom is -0.378 e. The fourth-order valence-electron chi connectivity index (χ4n) is 2.33. The number of alkyl halides is 2. The molecule has 0 radical (unpaired) electrons. The number of halogens is 2. The molecule has 0 spiro atoms. The second-order valence-corrected chi connectivity index (χ2v) is 5.92. The summed E-state index contributed by atoms with van der Waals surface area (Å²) in [5.74, 6) is -0.269. The van der Waals surface area contributed by atoms with E-state index in [0.29, 0.717) is 19.7 Å². The fourth-order valence-corrected chi connectivity index (χ4v) is 2.73. The number of carbonyl (C=O) groups is 1. The average molecular weight is 330 g/mol. The Bertz CT molecular complexity index is 485. The van der Waals surface area contributed by atoms with Crippen LogP contribution in [0.25, 0.3) is 0 Å². The molecular formula is C15H20F2N2O2S. The first kappa shape index (κ1) is 17.2. The highest BCUT2D eigenvalue weighted by Gasteiger charge is 2.30. The summed E-state index contributed by atoms with van der Waals surface area (Å²) < 4.78 is 30.4. The minimum atomic E-state index is -2.45. The number of nitrogens with one attached hydrogen (secondary N) is 1. The van der Waals surface area contributed by atoms with Crippen molar-refractivity contribution in [1.82, 2.24) is 10.2 Å². The van der Waals surface area contributed by atoms with Gasteiger partial charge in [0, 0.05) is 18.0 Å². The molecule has 2 rings (SSSR count). The molecule has 1 atom stereocenters.